The van der Waals surface area contributed by atoms with Crippen LogP contribution >= 0.6 is 11.3 Å². The Morgan fingerprint density at radius 2 is 2.25 bits per heavy atom. The number of amides is 1. The molecule has 1 amide bonds. The lowest BCUT2D eigenvalue weighted by Gasteiger charge is -2.26. The minimum atomic E-state index is -0.842. The van der Waals surface area contributed by atoms with Gasteiger partial charge in [-0.2, -0.15) is 0 Å². The van der Waals surface area contributed by atoms with Gasteiger partial charge in [0.15, 0.2) is 0 Å². The smallest absolute Gasteiger partial charge is 0.326 e. The van der Waals surface area contributed by atoms with Gasteiger partial charge >= 0.3 is 5.97 Å². The highest BCUT2D eigenvalue weighted by atomic mass is 32.1. The predicted molar refractivity (Wildman–Crippen MR) is 76.7 cm³/mol. The molecule has 20 heavy (non-hydrogen) atoms. The lowest BCUT2D eigenvalue weighted by Crippen LogP contribution is -2.44. The second-order valence-electron chi connectivity index (χ2n) is 5.87. The number of carbonyl (C=O) groups is 2. The first-order valence-electron chi connectivity index (χ1n) is 7.16. The molecule has 1 N–H and O–H groups in total. The van der Waals surface area contributed by atoms with Crippen molar-refractivity contribution in [1.82, 2.24) is 4.90 Å². The highest BCUT2D eigenvalue weighted by Gasteiger charge is 2.50. The third kappa shape index (κ3) is 2.14. The molecule has 1 aromatic heterocycles. The van der Waals surface area contributed by atoms with E-state index in [1.165, 1.54) is 0 Å². The van der Waals surface area contributed by atoms with Crippen LogP contribution in [0.25, 0.3) is 0 Å². The van der Waals surface area contributed by atoms with Crippen LogP contribution in [0.1, 0.15) is 37.0 Å². The molecule has 2 fully saturated rings. The molecule has 4 nitrogen and oxygen atoms in total. The zero-order valence-corrected chi connectivity index (χ0v) is 12.3. The summed E-state index contributed by atoms with van der Waals surface area (Å²) in [5, 5.41) is 11.5. The molecule has 1 saturated carbocycles. The molecule has 0 bridgehead atoms. The van der Waals surface area contributed by atoms with Gasteiger partial charge in [-0.05, 0) is 43.0 Å². The Kier molecular flexibility index (Phi) is 3.54. The number of fused-ring (bicyclic) bond motifs is 1. The number of carboxylic acids is 1. The molecule has 3 rings (SSSR count). The van der Waals surface area contributed by atoms with Crippen molar-refractivity contribution >= 4 is 23.2 Å². The first-order chi connectivity index (χ1) is 9.59. The molecule has 1 aromatic rings. The van der Waals surface area contributed by atoms with Gasteiger partial charge < -0.3 is 10.0 Å². The van der Waals surface area contributed by atoms with Crippen molar-refractivity contribution in [2.75, 3.05) is 6.54 Å². The Balaban J connectivity index is 1.82. The van der Waals surface area contributed by atoms with Gasteiger partial charge in [-0.25, -0.2) is 4.79 Å². The zero-order valence-electron chi connectivity index (χ0n) is 11.5. The van der Waals surface area contributed by atoms with E-state index in [4.69, 9.17) is 0 Å². The molecular weight excluding hydrogens is 274 g/mol. The van der Waals surface area contributed by atoms with E-state index in [-0.39, 0.29) is 17.7 Å². The number of rotatable bonds is 3. The Morgan fingerprint density at radius 3 is 2.90 bits per heavy atom. The van der Waals surface area contributed by atoms with Gasteiger partial charge in [0.25, 0.3) is 0 Å². The molecule has 5 heteroatoms. The van der Waals surface area contributed by atoms with E-state index in [1.807, 2.05) is 24.4 Å². The topological polar surface area (TPSA) is 57.6 Å². The maximum absolute atomic E-state index is 12.7. The zero-order chi connectivity index (χ0) is 14.3. The van der Waals surface area contributed by atoms with E-state index in [0.29, 0.717) is 12.5 Å². The van der Waals surface area contributed by atoms with Crippen molar-refractivity contribution in [1.29, 1.82) is 0 Å². The minimum Gasteiger partial charge on any atom is -0.480 e. The van der Waals surface area contributed by atoms with E-state index >= 15 is 0 Å². The predicted octanol–water partition coefficient (Wildman–Crippen LogP) is 2.56. The van der Waals surface area contributed by atoms with Gasteiger partial charge in [-0.1, -0.05) is 12.5 Å². The number of hydrogen-bond acceptors (Lipinski definition) is 3. The molecule has 2 heterocycles. The van der Waals surface area contributed by atoms with E-state index in [0.717, 1.165) is 24.1 Å². The highest BCUT2D eigenvalue weighted by Crippen LogP contribution is 2.43. The average Bonchev–Trinajstić information content (AvgIpc) is 3.11. The van der Waals surface area contributed by atoms with Crippen LogP contribution in [0.5, 0.6) is 0 Å². The van der Waals surface area contributed by atoms with Crippen LogP contribution in [0.3, 0.4) is 0 Å². The summed E-state index contributed by atoms with van der Waals surface area (Å²) >= 11 is 1.55. The van der Waals surface area contributed by atoms with Gasteiger partial charge in [-0.3, -0.25) is 4.79 Å². The lowest BCUT2D eigenvalue weighted by atomic mass is 9.94. The normalized spacial score (nSPS) is 30.2. The SMILES string of the molecule is CC(C(=O)N1CC2CCCC2C1C(=O)O)c1cccs1. The molecule has 0 aromatic carbocycles. The van der Waals surface area contributed by atoms with Gasteiger partial charge in [0.1, 0.15) is 6.04 Å². The second kappa shape index (κ2) is 5.20. The molecule has 108 valence electrons. The number of carboxylic acid groups (broad SMARTS) is 1. The molecule has 0 spiro atoms. The van der Waals surface area contributed by atoms with E-state index in [9.17, 15) is 14.7 Å². The third-order valence-corrected chi connectivity index (χ3v) is 5.82. The van der Waals surface area contributed by atoms with Crippen molar-refractivity contribution in [3.05, 3.63) is 22.4 Å². The van der Waals surface area contributed by atoms with Crippen LogP contribution in [0.15, 0.2) is 17.5 Å². The van der Waals surface area contributed by atoms with E-state index in [2.05, 4.69) is 0 Å². The molecule has 1 aliphatic carbocycles. The van der Waals surface area contributed by atoms with Crippen LogP contribution in [-0.4, -0.2) is 34.5 Å². The molecule has 1 saturated heterocycles. The summed E-state index contributed by atoms with van der Waals surface area (Å²) in [6.07, 6.45) is 3.10. The summed E-state index contributed by atoms with van der Waals surface area (Å²) in [6.45, 7) is 2.50. The van der Waals surface area contributed by atoms with E-state index < -0.39 is 12.0 Å². The van der Waals surface area contributed by atoms with Crippen LogP contribution in [0.2, 0.25) is 0 Å². The highest BCUT2D eigenvalue weighted by molar-refractivity contribution is 7.10. The number of carbonyl (C=O) groups excluding carboxylic acids is 1. The Morgan fingerprint density at radius 1 is 1.45 bits per heavy atom. The van der Waals surface area contributed by atoms with Crippen molar-refractivity contribution in [3.8, 4) is 0 Å². The number of hydrogen-bond donors (Lipinski definition) is 1. The summed E-state index contributed by atoms with van der Waals surface area (Å²) in [5.74, 6) is -0.571. The fraction of sp³-hybridized carbons (Fsp3) is 0.600. The Hall–Kier alpha value is -1.36. The van der Waals surface area contributed by atoms with Crippen molar-refractivity contribution < 1.29 is 14.7 Å². The average molecular weight is 293 g/mol. The van der Waals surface area contributed by atoms with Crippen molar-refractivity contribution in [3.63, 3.8) is 0 Å². The summed E-state index contributed by atoms with van der Waals surface area (Å²) in [6, 6.07) is 3.26. The van der Waals surface area contributed by atoms with Crippen LogP contribution in [-0.2, 0) is 9.59 Å². The molecule has 4 unspecified atom stereocenters. The summed E-state index contributed by atoms with van der Waals surface area (Å²) in [4.78, 5) is 26.9. The van der Waals surface area contributed by atoms with Gasteiger partial charge in [-0.15, -0.1) is 11.3 Å². The van der Waals surface area contributed by atoms with Crippen molar-refractivity contribution in [2.45, 2.75) is 38.1 Å². The minimum absolute atomic E-state index is 0.0331. The summed E-state index contributed by atoms with van der Waals surface area (Å²) in [7, 11) is 0. The van der Waals surface area contributed by atoms with Crippen molar-refractivity contribution in [2.24, 2.45) is 11.8 Å². The van der Waals surface area contributed by atoms with Crippen LogP contribution in [0, 0.1) is 11.8 Å². The van der Waals surface area contributed by atoms with E-state index in [1.54, 1.807) is 16.2 Å². The number of likely N-dealkylation sites (tertiary alicyclic amines) is 1. The molecule has 4 atom stereocenters. The fourth-order valence-electron chi connectivity index (χ4n) is 3.76. The third-order valence-electron chi connectivity index (χ3n) is 4.77. The Bertz CT molecular complexity index is 513. The summed E-state index contributed by atoms with van der Waals surface area (Å²) in [5.41, 5.74) is 0. The Labute approximate surface area is 122 Å². The van der Waals surface area contributed by atoms with Gasteiger partial charge in [0.05, 0.1) is 5.92 Å². The number of aliphatic carboxylic acids is 1. The molecule has 1 aliphatic heterocycles. The summed E-state index contributed by atoms with van der Waals surface area (Å²) < 4.78 is 0. The maximum atomic E-state index is 12.7. The molecule has 2 aliphatic rings. The monoisotopic (exact) mass is 293 g/mol. The van der Waals surface area contributed by atoms with Crippen LogP contribution in [0.4, 0.5) is 0 Å². The first kappa shape index (κ1) is 13.6. The van der Waals surface area contributed by atoms with Gasteiger partial charge in [0, 0.05) is 11.4 Å². The number of thiophene rings is 1. The maximum Gasteiger partial charge on any atom is 0.326 e. The largest absolute Gasteiger partial charge is 0.480 e. The second-order valence-corrected chi connectivity index (χ2v) is 6.84. The molecular formula is C15H19NO3S. The number of nitrogens with zero attached hydrogens (tertiary/aromatic N) is 1. The standard InChI is InChI=1S/C15H19NO3S/c1-9(12-6-3-7-20-12)14(17)16-8-10-4-2-5-11(10)13(16)15(18)19/h3,6-7,9-11,13H,2,4-5,8H2,1H3,(H,18,19). The fourth-order valence-corrected chi connectivity index (χ4v) is 4.53. The van der Waals surface area contributed by atoms with Gasteiger partial charge in [0.2, 0.25) is 5.91 Å². The van der Waals surface area contributed by atoms with Crippen LogP contribution < -0.4 is 0 Å². The first-order valence-corrected chi connectivity index (χ1v) is 8.04. The molecule has 0 radical (unpaired) electrons. The quantitative estimate of drug-likeness (QED) is 0.932. The lowest BCUT2D eigenvalue weighted by molar-refractivity contribution is -0.150.